The van der Waals surface area contributed by atoms with Crippen molar-refractivity contribution in [2.45, 2.75) is 43.9 Å². The molecule has 9 nitrogen and oxygen atoms in total. The number of piperidine rings is 1. The van der Waals surface area contributed by atoms with E-state index < -0.39 is 11.7 Å². The minimum absolute atomic E-state index is 0.00203. The minimum Gasteiger partial charge on any atom is -0.378 e. The molecule has 2 amide bonds. The van der Waals surface area contributed by atoms with Crippen LogP contribution < -0.4 is 10.2 Å². The zero-order chi connectivity index (χ0) is 29.3. The second kappa shape index (κ2) is 11.9. The number of halogens is 3. The van der Waals surface area contributed by atoms with Gasteiger partial charge in [-0.05, 0) is 55.7 Å². The maximum atomic E-state index is 13.3. The van der Waals surface area contributed by atoms with Crippen molar-refractivity contribution < 1.29 is 27.5 Å². The van der Waals surface area contributed by atoms with Crippen molar-refractivity contribution in [1.29, 1.82) is 0 Å². The molecule has 0 unspecified atom stereocenters. The number of morpholine rings is 1. The van der Waals surface area contributed by atoms with Crippen molar-refractivity contribution >= 4 is 28.5 Å². The topological polar surface area (TPSA) is 93.8 Å². The van der Waals surface area contributed by atoms with E-state index in [1.54, 1.807) is 0 Å². The highest BCUT2D eigenvalue weighted by atomic mass is 19.4. The molecule has 0 spiro atoms. The van der Waals surface area contributed by atoms with Gasteiger partial charge in [0.25, 0.3) is 5.91 Å². The van der Waals surface area contributed by atoms with E-state index in [-0.39, 0.29) is 41.1 Å². The Kier molecular flexibility index (Phi) is 8.09. The molecule has 2 aromatic carbocycles. The summed E-state index contributed by atoms with van der Waals surface area (Å²) in [6, 6.07) is 12.2. The number of nitrogens with zero attached hydrogens (tertiary/aromatic N) is 4. The second-order valence-corrected chi connectivity index (χ2v) is 11.3. The number of anilines is 1. The SMILES string of the molecule is O=C(Cc1nc2c(C(F)(F)F)cccc2[nH]1)N[C@@H]1CCN(C2CCN(c3ccc(C(=O)N4CCOCC4)cc3)CC2)C1. The molecule has 0 radical (unpaired) electrons. The lowest BCUT2D eigenvalue weighted by Gasteiger charge is -2.38. The Morgan fingerprint density at radius 2 is 1.71 bits per heavy atom. The Bertz CT molecular complexity index is 1410. The Balaban J connectivity index is 0.967. The highest BCUT2D eigenvalue weighted by Gasteiger charge is 2.34. The number of nitrogens with one attached hydrogen (secondary N) is 2. The average Bonchev–Trinajstić information content (AvgIpc) is 3.63. The van der Waals surface area contributed by atoms with Gasteiger partial charge in [-0.2, -0.15) is 13.2 Å². The first-order valence-corrected chi connectivity index (χ1v) is 14.5. The quantitative estimate of drug-likeness (QED) is 0.461. The summed E-state index contributed by atoms with van der Waals surface area (Å²) in [5, 5.41) is 3.05. The number of alkyl halides is 3. The van der Waals surface area contributed by atoms with E-state index in [0.29, 0.717) is 37.9 Å². The van der Waals surface area contributed by atoms with Gasteiger partial charge < -0.3 is 24.8 Å². The Morgan fingerprint density at radius 1 is 0.976 bits per heavy atom. The summed E-state index contributed by atoms with van der Waals surface area (Å²) in [7, 11) is 0. The van der Waals surface area contributed by atoms with Crippen LogP contribution in [0.25, 0.3) is 11.0 Å². The molecule has 12 heteroatoms. The summed E-state index contributed by atoms with van der Waals surface area (Å²) in [5.41, 5.74) is 1.11. The zero-order valence-corrected chi connectivity index (χ0v) is 23.3. The maximum Gasteiger partial charge on any atom is 0.418 e. The van der Waals surface area contributed by atoms with Crippen LogP contribution in [0.4, 0.5) is 18.9 Å². The van der Waals surface area contributed by atoms with Crippen LogP contribution in [-0.2, 0) is 22.1 Å². The van der Waals surface area contributed by atoms with Gasteiger partial charge in [0, 0.05) is 62.6 Å². The second-order valence-electron chi connectivity index (χ2n) is 11.3. The molecule has 1 atom stereocenters. The van der Waals surface area contributed by atoms with Crippen LogP contribution in [0.3, 0.4) is 0 Å². The summed E-state index contributed by atoms with van der Waals surface area (Å²) < 4.78 is 45.2. The van der Waals surface area contributed by atoms with Gasteiger partial charge in [0.2, 0.25) is 5.91 Å². The van der Waals surface area contributed by atoms with Crippen molar-refractivity contribution in [2.75, 3.05) is 57.4 Å². The standard InChI is InChI=1S/C30H35F3N6O3/c31-30(32,33)24-2-1-3-25-28(24)36-26(35-25)18-27(40)34-21-8-11-39(19-21)23-9-12-37(13-10-23)22-6-4-20(5-7-22)29(41)38-14-16-42-17-15-38/h1-7,21,23H,8-19H2,(H,34,40)(H,35,36)/t21-/m1/s1. The lowest BCUT2D eigenvalue weighted by atomic mass is 10.0. The third-order valence-electron chi connectivity index (χ3n) is 8.54. The van der Waals surface area contributed by atoms with Crippen LogP contribution in [0.5, 0.6) is 0 Å². The molecule has 3 aliphatic heterocycles. The number of likely N-dealkylation sites (tertiary alicyclic amines) is 1. The summed E-state index contributed by atoms with van der Waals surface area (Å²) in [4.78, 5) is 39.0. The van der Waals surface area contributed by atoms with Crippen LogP contribution in [0.1, 0.15) is 41.0 Å². The molecule has 224 valence electrons. The number of benzene rings is 2. The number of hydrogen-bond donors (Lipinski definition) is 2. The average molecular weight is 585 g/mol. The van der Waals surface area contributed by atoms with Crippen molar-refractivity contribution in [3.8, 4) is 0 Å². The molecular formula is C30H35F3N6O3. The number of aromatic nitrogens is 2. The van der Waals surface area contributed by atoms with Crippen LogP contribution in [0.15, 0.2) is 42.5 Å². The van der Waals surface area contributed by atoms with E-state index in [9.17, 15) is 22.8 Å². The van der Waals surface area contributed by atoms with E-state index >= 15 is 0 Å². The first-order chi connectivity index (χ1) is 20.2. The van der Waals surface area contributed by atoms with Gasteiger partial charge >= 0.3 is 6.18 Å². The fourth-order valence-corrected chi connectivity index (χ4v) is 6.32. The number of amides is 2. The number of ether oxygens (including phenoxy) is 1. The molecule has 4 heterocycles. The molecule has 2 N–H and O–H groups in total. The lowest BCUT2D eigenvalue weighted by Crippen LogP contribution is -2.45. The number of para-hydroxylation sites is 1. The van der Waals surface area contributed by atoms with Crippen LogP contribution in [-0.4, -0.2) is 96.1 Å². The van der Waals surface area contributed by atoms with Gasteiger partial charge in [0.15, 0.2) is 0 Å². The Hall–Kier alpha value is -3.64. The molecule has 42 heavy (non-hydrogen) atoms. The third-order valence-corrected chi connectivity index (χ3v) is 8.54. The Morgan fingerprint density at radius 3 is 2.43 bits per heavy atom. The monoisotopic (exact) mass is 584 g/mol. The van der Waals surface area contributed by atoms with Gasteiger partial charge in [0.05, 0.1) is 30.7 Å². The van der Waals surface area contributed by atoms with Crippen LogP contribution in [0, 0.1) is 0 Å². The summed E-state index contributed by atoms with van der Waals surface area (Å²) >= 11 is 0. The van der Waals surface area contributed by atoms with Crippen LogP contribution in [0.2, 0.25) is 0 Å². The molecule has 0 bridgehead atoms. The first-order valence-electron chi connectivity index (χ1n) is 14.5. The molecule has 3 aliphatic rings. The highest BCUT2D eigenvalue weighted by molar-refractivity contribution is 5.94. The molecule has 3 saturated heterocycles. The van der Waals surface area contributed by atoms with Gasteiger partial charge in [0.1, 0.15) is 11.3 Å². The molecule has 0 aliphatic carbocycles. The normalized spacial score (nSPS) is 20.8. The number of aromatic amines is 1. The maximum absolute atomic E-state index is 13.3. The molecule has 0 saturated carbocycles. The first kappa shape index (κ1) is 28.5. The Labute approximate surface area is 242 Å². The van der Waals surface area contributed by atoms with Crippen LogP contribution >= 0.6 is 0 Å². The number of H-pyrrole nitrogens is 1. The van der Waals surface area contributed by atoms with E-state index in [1.807, 2.05) is 29.2 Å². The van der Waals surface area contributed by atoms with Crippen molar-refractivity contribution in [3.63, 3.8) is 0 Å². The smallest absolute Gasteiger partial charge is 0.378 e. The molecule has 1 aromatic heterocycles. The summed E-state index contributed by atoms with van der Waals surface area (Å²) in [6.45, 7) is 5.91. The number of carbonyl (C=O) groups excluding carboxylic acids is 2. The van der Waals surface area contributed by atoms with E-state index in [1.165, 1.54) is 12.1 Å². The van der Waals surface area contributed by atoms with Gasteiger partial charge in [-0.1, -0.05) is 6.07 Å². The van der Waals surface area contributed by atoms with E-state index in [2.05, 4.69) is 25.1 Å². The number of fused-ring (bicyclic) bond motifs is 1. The highest BCUT2D eigenvalue weighted by Crippen LogP contribution is 2.34. The number of hydrogen-bond acceptors (Lipinski definition) is 6. The number of rotatable bonds is 6. The molecule has 3 fully saturated rings. The largest absolute Gasteiger partial charge is 0.418 e. The molecule has 6 rings (SSSR count). The molecule has 3 aromatic rings. The van der Waals surface area contributed by atoms with Crippen molar-refractivity contribution in [3.05, 3.63) is 59.4 Å². The van der Waals surface area contributed by atoms with Gasteiger partial charge in [-0.25, -0.2) is 4.98 Å². The fourth-order valence-electron chi connectivity index (χ4n) is 6.32. The summed E-state index contributed by atoms with van der Waals surface area (Å²) in [5.74, 6) is 0.0205. The predicted octanol–water partition coefficient (Wildman–Crippen LogP) is 3.46. The fraction of sp³-hybridized carbons (Fsp3) is 0.500. The van der Waals surface area contributed by atoms with Gasteiger partial charge in [-0.15, -0.1) is 0 Å². The summed E-state index contributed by atoms with van der Waals surface area (Å²) in [6.07, 6.45) is -1.75. The zero-order valence-electron chi connectivity index (χ0n) is 23.3. The van der Waals surface area contributed by atoms with Crippen molar-refractivity contribution in [2.24, 2.45) is 0 Å². The number of carbonyl (C=O) groups is 2. The minimum atomic E-state index is -4.51. The van der Waals surface area contributed by atoms with Crippen molar-refractivity contribution in [1.82, 2.24) is 25.1 Å². The van der Waals surface area contributed by atoms with Gasteiger partial charge in [-0.3, -0.25) is 14.5 Å². The number of imidazole rings is 1. The van der Waals surface area contributed by atoms with E-state index in [4.69, 9.17) is 4.74 Å². The third kappa shape index (κ3) is 6.24. The van der Waals surface area contributed by atoms with E-state index in [0.717, 1.165) is 57.2 Å². The predicted molar refractivity (Wildman–Crippen MR) is 151 cm³/mol. The molecular weight excluding hydrogens is 549 g/mol. The lowest BCUT2D eigenvalue weighted by molar-refractivity contribution is -0.136.